The van der Waals surface area contributed by atoms with E-state index in [0.717, 1.165) is 0 Å². The SMILES string of the molecule is N/C(=N/O)C(COc1ccccc1CO)C(F)(F)F. The number of oxime groups is 1. The minimum atomic E-state index is -4.69. The first-order valence-corrected chi connectivity index (χ1v) is 5.25. The maximum atomic E-state index is 12.6. The lowest BCUT2D eigenvalue weighted by atomic mass is 10.1. The molecule has 0 aliphatic carbocycles. The number of aliphatic hydroxyl groups is 1. The van der Waals surface area contributed by atoms with Crippen LogP contribution in [-0.2, 0) is 6.61 Å². The molecule has 1 aromatic carbocycles. The van der Waals surface area contributed by atoms with Crippen molar-refractivity contribution in [2.24, 2.45) is 16.8 Å². The molecular weight excluding hydrogens is 265 g/mol. The molecule has 1 rings (SSSR count). The molecule has 0 saturated carbocycles. The van der Waals surface area contributed by atoms with Gasteiger partial charge in [-0.1, -0.05) is 23.4 Å². The molecule has 1 unspecified atom stereocenters. The van der Waals surface area contributed by atoms with E-state index in [2.05, 4.69) is 5.16 Å². The molecule has 0 aliphatic heterocycles. The highest BCUT2D eigenvalue weighted by Crippen LogP contribution is 2.28. The van der Waals surface area contributed by atoms with E-state index in [-0.39, 0.29) is 12.4 Å². The topological polar surface area (TPSA) is 88.1 Å². The molecule has 0 heterocycles. The second kappa shape index (κ2) is 6.28. The Balaban J connectivity index is 2.82. The molecule has 4 N–H and O–H groups in total. The molecule has 0 aliphatic rings. The third-order valence-corrected chi connectivity index (χ3v) is 2.42. The molecule has 0 aromatic heterocycles. The fraction of sp³-hybridized carbons (Fsp3) is 0.364. The number of halogens is 3. The summed E-state index contributed by atoms with van der Waals surface area (Å²) in [6.07, 6.45) is -4.69. The standard InChI is InChI=1S/C11H13F3N2O3/c12-11(13,14)8(10(15)16-18)6-19-9-4-2-1-3-7(9)5-17/h1-4,8,17-18H,5-6H2,(H2,15,16). The van der Waals surface area contributed by atoms with E-state index in [9.17, 15) is 13.2 Å². The van der Waals surface area contributed by atoms with Gasteiger partial charge in [-0.05, 0) is 6.07 Å². The predicted octanol–water partition coefficient (Wildman–Crippen LogP) is 1.48. The molecule has 0 spiro atoms. The van der Waals surface area contributed by atoms with Crippen molar-refractivity contribution in [1.29, 1.82) is 0 Å². The Morgan fingerprint density at radius 3 is 2.53 bits per heavy atom. The Morgan fingerprint density at radius 2 is 2.00 bits per heavy atom. The summed E-state index contributed by atoms with van der Waals surface area (Å²) in [4.78, 5) is 0. The zero-order chi connectivity index (χ0) is 14.5. The molecule has 0 radical (unpaired) electrons. The summed E-state index contributed by atoms with van der Waals surface area (Å²) in [7, 11) is 0. The van der Waals surface area contributed by atoms with Gasteiger partial charge in [0.05, 0.1) is 6.61 Å². The smallest absolute Gasteiger partial charge is 0.402 e. The van der Waals surface area contributed by atoms with Crippen LogP contribution < -0.4 is 10.5 Å². The highest BCUT2D eigenvalue weighted by Gasteiger charge is 2.43. The second-order valence-electron chi connectivity index (χ2n) is 3.70. The van der Waals surface area contributed by atoms with Gasteiger partial charge in [0.25, 0.3) is 0 Å². The largest absolute Gasteiger partial charge is 0.492 e. The molecule has 8 heteroatoms. The minimum Gasteiger partial charge on any atom is -0.492 e. The van der Waals surface area contributed by atoms with Crippen LogP contribution in [0.1, 0.15) is 5.56 Å². The Morgan fingerprint density at radius 1 is 1.37 bits per heavy atom. The Labute approximate surface area is 107 Å². The highest BCUT2D eigenvalue weighted by molar-refractivity contribution is 5.83. The summed E-state index contributed by atoms with van der Waals surface area (Å²) in [5.74, 6) is -3.08. The van der Waals surface area contributed by atoms with Crippen LogP contribution in [0.2, 0.25) is 0 Å². The van der Waals surface area contributed by atoms with Gasteiger partial charge in [-0.3, -0.25) is 0 Å². The molecule has 19 heavy (non-hydrogen) atoms. The lowest BCUT2D eigenvalue weighted by Gasteiger charge is -2.20. The lowest BCUT2D eigenvalue weighted by molar-refractivity contribution is -0.162. The summed E-state index contributed by atoms with van der Waals surface area (Å²) in [6.45, 7) is -1.20. The van der Waals surface area contributed by atoms with E-state index < -0.39 is 24.5 Å². The van der Waals surface area contributed by atoms with Crippen molar-refractivity contribution in [1.82, 2.24) is 0 Å². The van der Waals surface area contributed by atoms with Crippen molar-refractivity contribution in [3.05, 3.63) is 29.8 Å². The van der Waals surface area contributed by atoms with Crippen LogP contribution >= 0.6 is 0 Å². The van der Waals surface area contributed by atoms with E-state index in [0.29, 0.717) is 5.56 Å². The maximum Gasteiger partial charge on any atom is 0.402 e. The van der Waals surface area contributed by atoms with Crippen molar-refractivity contribution < 1.29 is 28.2 Å². The van der Waals surface area contributed by atoms with Crippen molar-refractivity contribution in [2.45, 2.75) is 12.8 Å². The number of aliphatic hydroxyl groups excluding tert-OH is 1. The molecule has 5 nitrogen and oxygen atoms in total. The number of hydrogen-bond donors (Lipinski definition) is 3. The Kier molecular flexibility index (Phi) is 4.99. The Bertz CT molecular complexity index is 449. The zero-order valence-corrected chi connectivity index (χ0v) is 9.76. The fourth-order valence-corrected chi connectivity index (χ4v) is 1.37. The normalized spacial score (nSPS) is 14.2. The first-order valence-electron chi connectivity index (χ1n) is 5.25. The molecule has 0 saturated heterocycles. The van der Waals surface area contributed by atoms with Crippen molar-refractivity contribution >= 4 is 5.84 Å². The van der Waals surface area contributed by atoms with E-state index in [1.54, 1.807) is 12.1 Å². The Hall–Kier alpha value is -1.96. The third kappa shape index (κ3) is 4.02. The van der Waals surface area contributed by atoms with E-state index in [1.165, 1.54) is 12.1 Å². The summed E-state index contributed by atoms with van der Waals surface area (Å²) >= 11 is 0. The van der Waals surface area contributed by atoms with Gasteiger partial charge in [-0.15, -0.1) is 0 Å². The van der Waals surface area contributed by atoms with Crippen LogP contribution in [0, 0.1) is 5.92 Å². The van der Waals surface area contributed by atoms with Crippen LogP contribution in [0.4, 0.5) is 13.2 Å². The number of hydrogen-bond acceptors (Lipinski definition) is 4. The average molecular weight is 278 g/mol. The molecule has 0 amide bonds. The van der Waals surface area contributed by atoms with E-state index in [1.807, 2.05) is 0 Å². The van der Waals surface area contributed by atoms with Crippen LogP contribution in [0.15, 0.2) is 29.4 Å². The summed E-state index contributed by atoms with van der Waals surface area (Å²) in [6, 6.07) is 6.11. The first kappa shape index (κ1) is 15.1. The summed E-state index contributed by atoms with van der Waals surface area (Å²) in [5.41, 5.74) is 5.34. The summed E-state index contributed by atoms with van der Waals surface area (Å²) < 4.78 is 42.9. The highest BCUT2D eigenvalue weighted by atomic mass is 19.4. The second-order valence-corrected chi connectivity index (χ2v) is 3.70. The van der Waals surface area contributed by atoms with Gasteiger partial charge < -0.3 is 20.8 Å². The predicted molar refractivity (Wildman–Crippen MR) is 60.8 cm³/mol. The lowest BCUT2D eigenvalue weighted by Crippen LogP contribution is -2.40. The van der Waals surface area contributed by atoms with Crippen LogP contribution in [0.5, 0.6) is 5.75 Å². The third-order valence-electron chi connectivity index (χ3n) is 2.42. The average Bonchev–Trinajstić information content (AvgIpc) is 2.37. The quantitative estimate of drug-likeness (QED) is 0.329. The molecular formula is C11H13F3N2O3. The van der Waals surface area contributed by atoms with Crippen molar-refractivity contribution in [3.63, 3.8) is 0 Å². The summed E-state index contributed by atoms with van der Waals surface area (Å²) in [5, 5.41) is 19.7. The van der Waals surface area contributed by atoms with Crippen molar-refractivity contribution in [2.75, 3.05) is 6.61 Å². The van der Waals surface area contributed by atoms with Gasteiger partial charge in [-0.2, -0.15) is 13.2 Å². The number of rotatable bonds is 5. The van der Waals surface area contributed by atoms with Gasteiger partial charge in [0.15, 0.2) is 5.84 Å². The molecule has 0 bridgehead atoms. The number of ether oxygens (including phenoxy) is 1. The minimum absolute atomic E-state index is 0.116. The van der Waals surface area contributed by atoms with Gasteiger partial charge >= 0.3 is 6.18 Å². The van der Waals surface area contributed by atoms with E-state index >= 15 is 0 Å². The van der Waals surface area contributed by atoms with Crippen molar-refractivity contribution in [3.8, 4) is 5.75 Å². The van der Waals surface area contributed by atoms with Crippen LogP contribution in [0.3, 0.4) is 0 Å². The molecule has 1 atom stereocenters. The molecule has 1 aromatic rings. The van der Waals surface area contributed by atoms with Gasteiger partial charge in [0.2, 0.25) is 0 Å². The molecule has 106 valence electrons. The van der Waals surface area contributed by atoms with Gasteiger partial charge in [0.1, 0.15) is 18.3 Å². The molecule has 0 fully saturated rings. The number of nitrogens with zero attached hydrogens (tertiary/aromatic N) is 1. The van der Waals surface area contributed by atoms with Gasteiger partial charge in [0, 0.05) is 5.56 Å². The van der Waals surface area contributed by atoms with E-state index in [4.69, 9.17) is 20.8 Å². The van der Waals surface area contributed by atoms with Gasteiger partial charge in [-0.25, -0.2) is 0 Å². The number of para-hydroxylation sites is 1. The number of amidine groups is 1. The number of alkyl halides is 3. The maximum absolute atomic E-state index is 12.6. The number of benzene rings is 1. The first-order chi connectivity index (χ1) is 8.90. The zero-order valence-electron chi connectivity index (χ0n) is 9.76. The van der Waals surface area contributed by atoms with Crippen LogP contribution in [-0.4, -0.2) is 28.9 Å². The van der Waals surface area contributed by atoms with Crippen LogP contribution in [0.25, 0.3) is 0 Å². The fourth-order valence-electron chi connectivity index (χ4n) is 1.37. The number of nitrogens with two attached hydrogens (primary N) is 1. The monoisotopic (exact) mass is 278 g/mol.